The third kappa shape index (κ3) is 4.02. The summed E-state index contributed by atoms with van der Waals surface area (Å²) in [5.41, 5.74) is 0.536. The highest BCUT2D eigenvalue weighted by molar-refractivity contribution is 5.74. The molecule has 0 bridgehead atoms. The van der Waals surface area contributed by atoms with Crippen LogP contribution in [0.4, 0.5) is 9.18 Å². The van der Waals surface area contributed by atoms with Crippen molar-refractivity contribution in [1.82, 2.24) is 10.2 Å². The van der Waals surface area contributed by atoms with Crippen molar-refractivity contribution in [2.75, 3.05) is 6.54 Å². The Morgan fingerprint density at radius 2 is 2.06 bits per heavy atom. The molecule has 0 radical (unpaired) electrons. The molecule has 4 heteroatoms. The lowest BCUT2D eigenvalue weighted by molar-refractivity contribution is 0.149. The lowest BCUT2D eigenvalue weighted by Crippen LogP contribution is -2.50. The second-order valence-electron chi connectivity index (χ2n) is 5.20. The minimum absolute atomic E-state index is 0.130. The molecule has 100 valence electrons. The summed E-state index contributed by atoms with van der Waals surface area (Å²) in [6.07, 6.45) is 0. The van der Waals surface area contributed by atoms with E-state index in [1.54, 1.807) is 17.0 Å². The van der Waals surface area contributed by atoms with Crippen molar-refractivity contribution in [3.63, 3.8) is 0 Å². The maximum absolute atomic E-state index is 13.0. The Balaban J connectivity index is 2.60. The van der Waals surface area contributed by atoms with Gasteiger partial charge < -0.3 is 10.2 Å². The van der Waals surface area contributed by atoms with Crippen molar-refractivity contribution >= 4 is 6.03 Å². The first kappa shape index (κ1) is 14.5. The van der Waals surface area contributed by atoms with E-state index in [4.69, 9.17) is 0 Å². The second-order valence-corrected chi connectivity index (χ2v) is 5.20. The molecular weight excluding hydrogens is 231 g/mol. The van der Waals surface area contributed by atoms with Gasteiger partial charge in [-0.15, -0.1) is 0 Å². The molecule has 0 saturated carbocycles. The maximum atomic E-state index is 13.0. The quantitative estimate of drug-likeness (QED) is 0.880. The Morgan fingerprint density at radius 1 is 1.39 bits per heavy atom. The van der Waals surface area contributed by atoms with Gasteiger partial charge in [0.05, 0.1) is 0 Å². The number of rotatable bonds is 3. The van der Waals surface area contributed by atoms with E-state index < -0.39 is 0 Å². The van der Waals surface area contributed by atoms with E-state index >= 15 is 0 Å². The number of carbonyl (C=O) groups excluding carboxylic acids is 1. The van der Waals surface area contributed by atoms with Gasteiger partial charge in [0.1, 0.15) is 5.82 Å². The Kier molecular flexibility index (Phi) is 4.70. The van der Waals surface area contributed by atoms with Crippen LogP contribution in [0.1, 0.15) is 33.3 Å². The van der Waals surface area contributed by atoms with Crippen LogP contribution in [0.3, 0.4) is 0 Å². The number of urea groups is 1. The minimum atomic E-state index is -0.287. The zero-order valence-corrected chi connectivity index (χ0v) is 11.5. The predicted molar refractivity (Wildman–Crippen MR) is 70.8 cm³/mol. The number of nitrogens with one attached hydrogen (secondary N) is 1. The standard InChI is InChI=1S/C14H21FN2O/c1-5-17(14(2,3)4)13(18)16-10-11-7-6-8-12(15)9-11/h6-9H,5,10H2,1-4H3,(H,16,18). The number of carbonyl (C=O) groups is 1. The number of halogens is 1. The Hall–Kier alpha value is -1.58. The first-order valence-electron chi connectivity index (χ1n) is 6.14. The summed E-state index contributed by atoms with van der Waals surface area (Å²) in [7, 11) is 0. The fraction of sp³-hybridized carbons (Fsp3) is 0.500. The third-order valence-corrected chi connectivity index (χ3v) is 2.70. The molecule has 0 aliphatic carbocycles. The third-order valence-electron chi connectivity index (χ3n) is 2.70. The summed E-state index contributed by atoms with van der Waals surface area (Å²) in [4.78, 5) is 13.7. The van der Waals surface area contributed by atoms with E-state index in [-0.39, 0.29) is 17.4 Å². The summed E-state index contributed by atoms with van der Waals surface area (Å²) in [6.45, 7) is 8.86. The van der Waals surface area contributed by atoms with E-state index in [1.807, 2.05) is 27.7 Å². The average Bonchev–Trinajstić information content (AvgIpc) is 2.25. The van der Waals surface area contributed by atoms with Gasteiger partial charge in [-0.25, -0.2) is 9.18 Å². The Bertz CT molecular complexity index is 413. The van der Waals surface area contributed by atoms with E-state index in [2.05, 4.69) is 5.32 Å². The van der Waals surface area contributed by atoms with Crippen molar-refractivity contribution in [3.05, 3.63) is 35.6 Å². The van der Waals surface area contributed by atoms with Gasteiger partial charge in [-0.3, -0.25) is 0 Å². The van der Waals surface area contributed by atoms with E-state index in [9.17, 15) is 9.18 Å². The van der Waals surface area contributed by atoms with Crippen LogP contribution < -0.4 is 5.32 Å². The zero-order chi connectivity index (χ0) is 13.8. The number of hydrogen-bond acceptors (Lipinski definition) is 1. The van der Waals surface area contributed by atoms with Crippen LogP contribution in [0.2, 0.25) is 0 Å². The minimum Gasteiger partial charge on any atom is -0.334 e. The van der Waals surface area contributed by atoms with Gasteiger partial charge in [-0.2, -0.15) is 0 Å². The highest BCUT2D eigenvalue weighted by Gasteiger charge is 2.24. The number of hydrogen-bond donors (Lipinski definition) is 1. The van der Waals surface area contributed by atoms with Gasteiger partial charge in [0, 0.05) is 18.6 Å². The molecule has 1 aromatic rings. The molecule has 1 N–H and O–H groups in total. The van der Waals surface area contributed by atoms with Crippen LogP contribution in [0.5, 0.6) is 0 Å². The van der Waals surface area contributed by atoms with Gasteiger partial charge >= 0.3 is 6.03 Å². The SMILES string of the molecule is CCN(C(=O)NCc1cccc(F)c1)C(C)(C)C. The predicted octanol–water partition coefficient (Wildman–Crippen LogP) is 3.16. The smallest absolute Gasteiger partial charge is 0.318 e. The number of amides is 2. The molecule has 18 heavy (non-hydrogen) atoms. The van der Waals surface area contributed by atoms with Crippen LogP contribution >= 0.6 is 0 Å². The summed E-state index contributed by atoms with van der Waals surface area (Å²) in [6, 6.07) is 6.11. The van der Waals surface area contributed by atoms with Crippen LogP contribution in [-0.4, -0.2) is 23.0 Å². The lowest BCUT2D eigenvalue weighted by atomic mass is 10.1. The molecule has 2 amide bonds. The highest BCUT2D eigenvalue weighted by Crippen LogP contribution is 2.13. The summed E-state index contributed by atoms with van der Waals surface area (Å²) in [5.74, 6) is -0.287. The molecule has 0 unspecified atom stereocenters. The monoisotopic (exact) mass is 252 g/mol. The molecule has 3 nitrogen and oxygen atoms in total. The van der Waals surface area contributed by atoms with Crippen molar-refractivity contribution in [2.24, 2.45) is 0 Å². The zero-order valence-electron chi connectivity index (χ0n) is 11.5. The van der Waals surface area contributed by atoms with Gasteiger partial charge in [-0.05, 0) is 45.4 Å². The number of benzene rings is 1. The molecule has 0 saturated heterocycles. The van der Waals surface area contributed by atoms with Crippen molar-refractivity contribution in [3.8, 4) is 0 Å². The van der Waals surface area contributed by atoms with E-state index in [1.165, 1.54) is 12.1 Å². The van der Waals surface area contributed by atoms with Crippen molar-refractivity contribution < 1.29 is 9.18 Å². The molecule has 0 aliphatic heterocycles. The summed E-state index contributed by atoms with van der Waals surface area (Å²) in [5, 5.41) is 2.80. The highest BCUT2D eigenvalue weighted by atomic mass is 19.1. The maximum Gasteiger partial charge on any atom is 0.318 e. The second kappa shape index (κ2) is 5.85. The van der Waals surface area contributed by atoms with Crippen molar-refractivity contribution in [2.45, 2.75) is 39.8 Å². The van der Waals surface area contributed by atoms with Gasteiger partial charge in [-0.1, -0.05) is 12.1 Å². The first-order chi connectivity index (χ1) is 8.34. The topological polar surface area (TPSA) is 32.3 Å². The Morgan fingerprint density at radius 3 is 2.56 bits per heavy atom. The molecule has 0 aromatic heterocycles. The molecule has 1 rings (SSSR count). The van der Waals surface area contributed by atoms with Crippen molar-refractivity contribution in [1.29, 1.82) is 0 Å². The van der Waals surface area contributed by atoms with Crippen LogP contribution in [-0.2, 0) is 6.54 Å². The Labute approximate surface area is 108 Å². The molecule has 0 fully saturated rings. The van der Waals surface area contributed by atoms with Crippen LogP contribution in [0, 0.1) is 5.82 Å². The lowest BCUT2D eigenvalue weighted by Gasteiger charge is -2.34. The first-order valence-corrected chi connectivity index (χ1v) is 6.14. The number of nitrogens with zero attached hydrogens (tertiary/aromatic N) is 1. The van der Waals surface area contributed by atoms with Crippen LogP contribution in [0.25, 0.3) is 0 Å². The molecule has 0 atom stereocenters. The normalized spacial score (nSPS) is 11.2. The molecule has 0 aliphatic rings. The van der Waals surface area contributed by atoms with Gasteiger partial charge in [0.25, 0.3) is 0 Å². The fourth-order valence-electron chi connectivity index (χ4n) is 1.84. The van der Waals surface area contributed by atoms with E-state index in [0.717, 1.165) is 5.56 Å². The van der Waals surface area contributed by atoms with E-state index in [0.29, 0.717) is 13.1 Å². The largest absolute Gasteiger partial charge is 0.334 e. The molecular formula is C14H21FN2O. The average molecular weight is 252 g/mol. The fourth-order valence-corrected chi connectivity index (χ4v) is 1.84. The summed E-state index contributed by atoms with van der Waals surface area (Å²) >= 11 is 0. The van der Waals surface area contributed by atoms with Gasteiger partial charge in [0.2, 0.25) is 0 Å². The molecule has 0 heterocycles. The van der Waals surface area contributed by atoms with Gasteiger partial charge in [0.15, 0.2) is 0 Å². The van der Waals surface area contributed by atoms with Crippen LogP contribution in [0.15, 0.2) is 24.3 Å². The molecule has 0 spiro atoms. The summed E-state index contributed by atoms with van der Waals surface area (Å²) < 4.78 is 13.0. The molecule has 1 aromatic carbocycles.